The molecule has 0 spiro atoms. The first-order valence-corrected chi connectivity index (χ1v) is 0.224. The van der Waals surface area contributed by atoms with Crippen molar-refractivity contribution in [3.8, 4) is 0 Å². The summed E-state index contributed by atoms with van der Waals surface area (Å²) in [5.41, 5.74) is 0. The third-order valence-corrected chi connectivity index (χ3v) is 0. The van der Waals surface area contributed by atoms with Gasteiger partial charge in [-0.2, -0.15) is 0 Å². The van der Waals surface area contributed by atoms with Crippen LogP contribution < -0.4 is 0 Å². The fourth-order valence-electron chi connectivity index (χ4n) is 0. The van der Waals surface area contributed by atoms with Crippen LogP contribution in [-0.2, 0) is 32.7 Å². The molecule has 0 aromatic heterocycles. The molecule has 1 radical (unpaired) electrons. The van der Waals surface area contributed by atoms with Crippen molar-refractivity contribution in [2.75, 3.05) is 0 Å². The minimum atomic E-state index is 0. The molecule has 21 valence electrons. The molecule has 0 fully saturated rings. The van der Waals surface area contributed by atoms with Gasteiger partial charge in [0, 0.05) is 32.7 Å². The summed E-state index contributed by atoms with van der Waals surface area (Å²) in [5.74, 6) is 0. The first-order valence-electron chi connectivity index (χ1n) is 0.224. The summed E-state index contributed by atoms with van der Waals surface area (Å²) in [6, 6.07) is 0. The van der Waals surface area contributed by atoms with Crippen molar-refractivity contribution in [2.24, 2.45) is 0 Å². The molecule has 0 heterocycles. The van der Waals surface area contributed by atoms with E-state index in [4.69, 9.17) is 11.8 Å². The third-order valence-electron chi connectivity index (χ3n) is 0. The maximum Gasteiger partial charge on any atom is 0 e. The monoisotopic (exact) mass is 131 g/mol. The van der Waals surface area contributed by atoms with Crippen molar-refractivity contribution >= 4 is 0 Å². The largest absolute Gasteiger partial charge is 0.693 e. The third kappa shape index (κ3) is 20.1. The van der Waals surface area contributed by atoms with Gasteiger partial charge in [0.2, 0.25) is 0 Å². The van der Waals surface area contributed by atoms with Gasteiger partial charge in [-0.15, -0.1) is 0 Å². The Morgan fingerprint density at radius 1 is 1.25 bits per heavy atom. The van der Waals surface area contributed by atoms with E-state index in [-0.39, 0.29) is 38.9 Å². The minimum absolute atomic E-state index is 0. The number of hydrogen-bond donors (Lipinski definition) is 0. The Labute approximate surface area is 50.7 Å². The molecule has 0 saturated heterocycles. The molecule has 0 aliphatic rings. The number of hydrogen-bond acceptors (Lipinski definition) is 1. The predicted molar refractivity (Wildman–Crippen MR) is 10.3 cm³/mol. The smallest absolute Gasteiger partial charge is 0 e. The number of nitrogens with zero attached hydrogens (tertiary/aromatic N) is 1. The first-order chi connectivity index (χ1) is 1.00. The van der Waals surface area contributed by atoms with Crippen LogP contribution in [0.25, 0.3) is 6.15 Å². The Bertz CT molecular complexity index is 10.8. The molecule has 0 rings (SSSR count). The van der Waals surface area contributed by atoms with Gasteiger partial charge in [0.25, 0.3) is 0 Å². The van der Waals surface area contributed by atoms with Crippen molar-refractivity contribution in [3.05, 3.63) is 12.7 Å². The van der Waals surface area contributed by atoms with Gasteiger partial charge < -0.3 is 18.0 Å². The molecule has 0 amide bonds. The van der Waals surface area contributed by atoms with Crippen LogP contribution in [0.5, 0.6) is 0 Å². The molecule has 0 saturated carbocycles. The van der Waals surface area contributed by atoms with Crippen molar-refractivity contribution in [3.63, 3.8) is 0 Å². The molecule has 0 bridgehead atoms. The van der Waals surface area contributed by atoms with Crippen LogP contribution in [0.1, 0.15) is 0 Å². The standard InChI is InChI=1S/CN.H2N.Y/c1-2;;/h;1H2;/q2*-1;. The van der Waals surface area contributed by atoms with E-state index in [1.165, 1.54) is 0 Å². The summed E-state index contributed by atoms with van der Waals surface area (Å²) in [7, 11) is 0. The maximum absolute atomic E-state index is 6.25. The van der Waals surface area contributed by atoms with E-state index < -0.39 is 0 Å². The fourth-order valence-corrected chi connectivity index (χ4v) is 0. The van der Waals surface area contributed by atoms with Crippen LogP contribution in [0, 0.1) is 11.8 Å². The average molecular weight is 131 g/mol. The summed E-state index contributed by atoms with van der Waals surface area (Å²) in [5, 5.41) is 6.25. The summed E-state index contributed by atoms with van der Waals surface area (Å²) in [4.78, 5) is 0. The zero-order chi connectivity index (χ0) is 2.00. The van der Waals surface area contributed by atoms with E-state index in [1.807, 2.05) is 0 Å². The zero-order valence-corrected chi connectivity index (χ0v) is 4.94. The number of rotatable bonds is 0. The Balaban J connectivity index is -0.00000000500. The first kappa shape index (κ1) is 23.8. The summed E-state index contributed by atoms with van der Waals surface area (Å²) < 4.78 is 0. The van der Waals surface area contributed by atoms with Gasteiger partial charge >= 0.3 is 0 Å². The van der Waals surface area contributed by atoms with Gasteiger partial charge in [-0.25, -0.2) is 0 Å². The summed E-state index contributed by atoms with van der Waals surface area (Å²) >= 11 is 0. The van der Waals surface area contributed by atoms with Gasteiger partial charge in [-0.05, 0) is 0 Å². The molecule has 2 N–H and O–H groups in total. The van der Waals surface area contributed by atoms with Crippen LogP contribution in [0.3, 0.4) is 0 Å². The van der Waals surface area contributed by atoms with Gasteiger partial charge in [-0.1, -0.05) is 0 Å². The second kappa shape index (κ2) is 75.6. The Morgan fingerprint density at radius 2 is 1.25 bits per heavy atom. The molecule has 2 nitrogen and oxygen atoms in total. The quantitative estimate of drug-likeness (QED) is 0.448. The molecule has 4 heavy (non-hydrogen) atoms. The van der Waals surface area contributed by atoms with Crippen molar-refractivity contribution in [1.82, 2.24) is 0 Å². The van der Waals surface area contributed by atoms with E-state index in [2.05, 4.69) is 0 Å². The van der Waals surface area contributed by atoms with E-state index in [0.29, 0.717) is 0 Å². The minimum Gasteiger partial charge on any atom is -0.693 e. The SMILES string of the molecule is [C-]#N.[NH2-].[Y]. The normalized spacial score (nSPS) is 0.500. The summed E-state index contributed by atoms with van der Waals surface area (Å²) in [6.45, 7) is 4.75. The van der Waals surface area contributed by atoms with Crippen molar-refractivity contribution < 1.29 is 32.7 Å². The average Bonchev–Trinajstić information content (AvgIpc) is 1.00. The molecule has 0 atom stereocenters. The van der Waals surface area contributed by atoms with Crippen molar-refractivity contribution in [1.29, 1.82) is 5.26 Å². The Morgan fingerprint density at radius 3 is 1.25 bits per heavy atom. The van der Waals surface area contributed by atoms with Crippen LogP contribution in [0.4, 0.5) is 0 Å². The molecule has 0 aliphatic heterocycles. The molecule has 3 heteroatoms. The van der Waals surface area contributed by atoms with E-state index in [0.717, 1.165) is 0 Å². The second-order valence-corrected chi connectivity index (χ2v) is 0. The summed E-state index contributed by atoms with van der Waals surface area (Å²) in [6.07, 6.45) is 0. The Hall–Kier alpha value is 0.554. The molecular formula is CH2N2Y-2. The molecule has 0 unspecified atom stereocenters. The van der Waals surface area contributed by atoms with E-state index in [9.17, 15) is 0 Å². The molecular weight excluding hydrogens is 129 g/mol. The van der Waals surface area contributed by atoms with E-state index in [1.54, 1.807) is 0 Å². The second-order valence-electron chi connectivity index (χ2n) is 0. The maximum atomic E-state index is 6.25. The topological polar surface area (TPSA) is 57.3 Å². The van der Waals surface area contributed by atoms with E-state index >= 15 is 0 Å². The fraction of sp³-hybridized carbons (Fsp3) is 0. The van der Waals surface area contributed by atoms with Crippen LogP contribution in [0.15, 0.2) is 0 Å². The predicted octanol–water partition coefficient (Wildman–Crippen LogP) is 0.811. The van der Waals surface area contributed by atoms with Crippen LogP contribution in [0.2, 0.25) is 0 Å². The van der Waals surface area contributed by atoms with Crippen LogP contribution >= 0.6 is 0 Å². The molecule has 0 aromatic carbocycles. The van der Waals surface area contributed by atoms with Gasteiger partial charge in [0.05, 0.1) is 0 Å². The molecule has 0 aromatic rings. The zero-order valence-electron chi connectivity index (χ0n) is 2.10. The number of nitrogens with two attached hydrogens (primary N) is 1. The van der Waals surface area contributed by atoms with Gasteiger partial charge in [0.15, 0.2) is 0 Å². The van der Waals surface area contributed by atoms with Gasteiger partial charge in [0.1, 0.15) is 0 Å². The Kier molecular flexibility index (Phi) is 450. The van der Waals surface area contributed by atoms with Crippen LogP contribution in [-0.4, -0.2) is 0 Å². The van der Waals surface area contributed by atoms with Crippen molar-refractivity contribution in [2.45, 2.75) is 0 Å². The molecule has 0 aliphatic carbocycles. The van der Waals surface area contributed by atoms with Gasteiger partial charge in [-0.3, -0.25) is 0 Å².